The molecule has 4 nitrogen and oxygen atoms in total. The van der Waals surface area contributed by atoms with Gasteiger partial charge in [-0.05, 0) is 33.9 Å². The zero-order valence-corrected chi connectivity index (χ0v) is 9.68. The summed E-state index contributed by atoms with van der Waals surface area (Å²) >= 11 is 0. The van der Waals surface area contributed by atoms with E-state index < -0.39 is 0 Å². The molecule has 0 spiro atoms. The topological polar surface area (TPSA) is 54.3 Å². The van der Waals surface area contributed by atoms with E-state index in [-0.39, 0.29) is 11.9 Å². The number of furan rings is 1. The molecule has 15 heavy (non-hydrogen) atoms. The Hall–Kier alpha value is -1.29. The molecule has 0 fully saturated rings. The fraction of sp³-hybridized carbons (Fsp3) is 0.545. The lowest BCUT2D eigenvalue weighted by molar-refractivity contribution is -0.120. The van der Waals surface area contributed by atoms with Crippen LogP contribution in [0.5, 0.6) is 0 Å². The maximum absolute atomic E-state index is 11.3. The predicted molar refractivity (Wildman–Crippen MR) is 58.7 cm³/mol. The Balaban J connectivity index is 2.64. The summed E-state index contributed by atoms with van der Waals surface area (Å²) in [5.74, 6) is 1.73. The molecule has 1 unspecified atom stereocenters. The van der Waals surface area contributed by atoms with Gasteiger partial charge in [-0.25, -0.2) is 0 Å². The van der Waals surface area contributed by atoms with Crippen LogP contribution >= 0.6 is 0 Å². The maximum Gasteiger partial charge on any atom is 0.234 e. The fourth-order valence-electron chi connectivity index (χ4n) is 1.61. The summed E-state index contributed by atoms with van der Waals surface area (Å²) in [4.78, 5) is 11.3. The van der Waals surface area contributed by atoms with E-state index in [1.165, 1.54) is 0 Å². The van der Waals surface area contributed by atoms with Crippen molar-refractivity contribution in [1.82, 2.24) is 10.6 Å². The number of carbonyl (C=O) groups excluding carboxylic acids is 1. The van der Waals surface area contributed by atoms with Gasteiger partial charge < -0.3 is 15.1 Å². The van der Waals surface area contributed by atoms with Crippen LogP contribution in [-0.4, -0.2) is 19.5 Å². The van der Waals surface area contributed by atoms with Gasteiger partial charge in [0.15, 0.2) is 0 Å². The van der Waals surface area contributed by atoms with Crippen molar-refractivity contribution in [3.05, 3.63) is 23.2 Å². The zero-order chi connectivity index (χ0) is 11.4. The summed E-state index contributed by atoms with van der Waals surface area (Å²) in [5.41, 5.74) is 1.04. The number of amides is 1. The van der Waals surface area contributed by atoms with Crippen LogP contribution in [0.4, 0.5) is 0 Å². The number of likely N-dealkylation sites (N-methyl/N-ethyl adjacent to an activating group) is 1. The Kier molecular flexibility index (Phi) is 3.91. The summed E-state index contributed by atoms with van der Waals surface area (Å²) in [6.07, 6.45) is 0. The van der Waals surface area contributed by atoms with E-state index in [1.54, 1.807) is 7.05 Å². The van der Waals surface area contributed by atoms with Crippen LogP contribution in [-0.2, 0) is 4.79 Å². The van der Waals surface area contributed by atoms with Crippen molar-refractivity contribution in [3.63, 3.8) is 0 Å². The van der Waals surface area contributed by atoms with Gasteiger partial charge in [-0.2, -0.15) is 0 Å². The summed E-state index contributed by atoms with van der Waals surface area (Å²) in [6, 6.07) is 1.95. The molecule has 1 amide bonds. The molecule has 0 radical (unpaired) electrons. The molecular weight excluding hydrogens is 192 g/mol. The molecule has 0 aliphatic heterocycles. The minimum Gasteiger partial charge on any atom is -0.466 e. The summed E-state index contributed by atoms with van der Waals surface area (Å²) in [7, 11) is 1.75. The summed E-state index contributed by atoms with van der Waals surface area (Å²) < 4.78 is 5.41. The highest BCUT2D eigenvalue weighted by Crippen LogP contribution is 2.20. The first-order valence-corrected chi connectivity index (χ1v) is 5.05. The summed E-state index contributed by atoms with van der Waals surface area (Å²) in [5, 5.41) is 5.70. The Morgan fingerprint density at radius 1 is 1.53 bits per heavy atom. The first-order valence-electron chi connectivity index (χ1n) is 5.05. The molecule has 0 saturated heterocycles. The summed E-state index contributed by atoms with van der Waals surface area (Å²) in [6.45, 7) is 6.09. The van der Waals surface area contributed by atoms with Crippen molar-refractivity contribution in [1.29, 1.82) is 0 Å². The smallest absolute Gasteiger partial charge is 0.234 e. The standard InChI is InChI=1S/C11H18N2O2/c1-7-5-10(9(3)15-7)8(2)13-11(14)6-12-4/h5,8,12H,6H2,1-4H3,(H,13,14). The third kappa shape index (κ3) is 3.09. The van der Waals surface area contributed by atoms with Gasteiger partial charge in [0.2, 0.25) is 5.91 Å². The van der Waals surface area contributed by atoms with Crippen molar-refractivity contribution < 1.29 is 9.21 Å². The van der Waals surface area contributed by atoms with E-state index in [0.717, 1.165) is 17.1 Å². The molecule has 4 heteroatoms. The van der Waals surface area contributed by atoms with E-state index in [0.29, 0.717) is 6.54 Å². The molecule has 1 heterocycles. The molecule has 0 aliphatic carbocycles. The molecule has 0 saturated carbocycles. The van der Waals surface area contributed by atoms with Crippen LogP contribution in [0.1, 0.15) is 30.0 Å². The lowest BCUT2D eigenvalue weighted by Crippen LogP contribution is -2.34. The van der Waals surface area contributed by atoms with Crippen molar-refractivity contribution in [2.24, 2.45) is 0 Å². The average Bonchev–Trinajstić information content (AvgIpc) is 2.45. The molecule has 1 aromatic heterocycles. The van der Waals surface area contributed by atoms with Crippen molar-refractivity contribution in [2.45, 2.75) is 26.8 Å². The van der Waals surface area contributed by atoms with Crippen molar-refractivity contribution >= 4 is 5.91 Å². The van der Waals surface area contributed by atoms with Gasteiger partial charge in [0.25, 0.3) is 0 Å². The number of aryl methyl sites for hydroxylation is 2. The third-order valence-corrected chi connectivity index (χ3v) is 2.26. The van der Waals surface area contributed by atoms with Gasteiger partial charge in [0.05, 0.1) is 12.6 Å². The third-order valence-electron chi connectivity index (χ3n) is 2.26. The second kappa shape index (κ2) is 4.98. The second-order valence-corrected chi connectivity index (χ2v) is 3.69. The van der Waals surface area contributed by atoms with E-state index in [4.69, 9.17) is 4.42 Å². The normalized spacial score (nSPS) is 12.5. The van der Waals surface area contributed by atoms with E-state index in [1.807, 2.05) is 26.8 Å². The lowest BCUT2D eigenvalue weighted by Gasteiger charge is -2.12. The van der Waals surface area contributed by atoms with Crippen LogP contribution in [0.2, 0.25) is 0 Å². The molecule has 0 aliphatic rings. The quantitative estimate of drug-likeness (QED) is 0.787. The maximum atomic E-state index is 11.3. The Morgan fingerprint density at radius 2 is 2.20 bits per heavy atom. The van der Waals surface area contributed by atoms with E-state index in [2.05, 4.69) is 10.6 Å². The SMILES string of the molecule is CNCC(=O)NC(C)c1cc(C)oc1C. The molecular formula is C11H18N2O2. The van der Waals surface area contributed by atoms with Crippen molar-refractivity contribution in [3.8, 4) is 0 Å². The number of hydrogen-bond acceptors (Lipinski definition) is 3. The first-order chi connectivity index (χ1) is 7.04. The molecule has 2 N–H and O–H groups in total. The molecule has 84 valence electrons. The van der Waals surface area contributed by atoms with Crippen molar-refractivity contribution in [2.75, 3.05) is 13.6 Å². The number of nitrogens with one attached hydrogen (secondary N) is 2. The molecule has 1 aromatic rings. The van der Waals surface area contributed by atoms with Gasteiger partial charge in [0.1, 0.15) is 11.5 Å². The van der Waals surface area contributed by atoms with Crippen LogP contribution in [0.25, 0.3) is 0 Å². The van der Waals surface area contributed by atoms with Crippen LogP contribution in [0.15, 0.2) is 10.5 Å². The van der Waals surface area contributed by atoms with Crippen LogP contribution in [0, 0.1) is 13.8 Å². The zero-order valence-electron chi connectivity index (χ0n) is 9.68. The van der Waals surface area contributed by atoms with Crippen LogP contribution in [0.3, 0.4) is 0 Å². The highest BCUT2D eigenvalue weighted by atomic mass is 16.3. The number of hydrogen-bond donors (Lipinski definition) is 2. The van der Waals surface area contributed by atoms with E-state index in [9.17, 15) is 4.79 Å². The Bertz CT molecular complexity index is 344. The Morgan fingerprint density at radius 3 is 2.67 bits per heavy atom. The molecule has 1 rings (SSSR count). The monoisotopic (exact) mass is 210 g/mol. The predicted octanol–water partition coefficient (Wildman–Crippen LogP) is 1.29. The van der Waals surface area contributed by atoms with Gasteiger partial charge in [0, 0.05) is 5.56 Å². The highest BCUT2D eigenvalue weighted by molar-refractivity contribution is 5.78. The minimum atomic E-state index is -0.0109. The fourth-order valence-corrected chi connectivity index (χ4v) is 1.61. The minimum absolute atomic E-state index is 0.0108. The first kappa shape index (κ1) is 11.8. The largest absolute Gasteiger partial charge is 0.466 e. The van der Waals surface area contributed by atoms with Crippen LogP contribution < -0.4 is 10.6 Å². The van der Waals surface area contributed by atoms with Gasteiger partial charge >= 0.3 is 0 Å². The molecule has 0 aromatic carbocycles. The Labute approximate surface area is 90.0 Å². The van der Waals surface area contributed by atoms with Gasteiger partial charge in [-0.3, -0.25) is 4.79 Å². The molecule has 1 atom stereocenters. The lowest BCUT2D eigenvalue weighted by atomic mass is 10.1. The number of carbonyl (C=O) groups is 1. The van der Waals surface area contributed by atoms with Gasteiger partial charge in [-0.15, -0.1) is 0 Å². The molecule has 0 bridgehead atoms. The highest BCUT2D eigenvalue weighted by Gasteiger charge is 2.14. The van der Waals surface area contributed by atoms with E-state index >= 15 is 0 Å². The van der Waals surface area contributed by atoms with Gasteiger partial charge in [-0.1, -0.05) is 0 Å². The second-order valence-electron chi connectivity index (χ2n) is 3.69. The number of rotatable bonds is 4. The average molecular weight is 210 g/mol.